The van der Waals surface area contributed by atoms with Gasteiger partial charge in [0, 0.05) is 6.04 Å². The number of ether oxygens (including phenoxy) is 1. The molecule has 2 rings (SSSR count). The molecule has 2 atom stereocenters. The van der Waals surface area contributed by atoms with Crippen molar-refractivity contribution in [2.75, 3.05) is 7.11 Å². The molecule has 1 aliphatic rings. The van der Waals surface area contributed by atoms with Gasteiger partial charge < -0.3 is 10.1 Å². The van der Waals surface area contributed by atoms with E-state index in [1.54, 1.807) is 12.1 Å². The van der Waals surface area contributed by atoms with E-state index >= 15 is 0 Å². The maximum absolute atomic E-state index is 12.6. The largest absolute Gasteiger partial charge is 0.497 e. The van der Waals surface area contributed by atoms with Crippen LogP contribution in [0.4, 0.5) is 0 Å². The van der Waals surface area contributed by atoms with Crippen molar-refractivity contribution < 1.29 is 17.9 Å². The van der Waals surface area contributed by atoms with E-state index in [0.29, 0.717) is 11.7 Å². The monoisotopic (exact) mass is 354 g/mol. The van der Waals surface area contributed by atoms with Crippen molar-refractivity contribution >= 4 is 15.9 Å². The van der Waals surface area contributed by atoms with Gasteiger partial charge in [0.2, 0.25) is 15.9 Å². The minimum absolute atomic E-state index is 0.0734. The molecule has 1 aromatic rings. The van der Waals surface area contributed by atoms with Crippen LogP contribution in [0.3, 0.4) is 0 Å². The fourth-order valence-electron chi connectivity index (χ4n) is 2.51. The summed E-state index contributed by atoms with van der Waals surface area (Å²) in [5.41, 5.74) is 0. The molecule has 1 aliphatic carbocycles. The lowest BCUT2D eigenvalue weighted by Crippen LogP contribution is -2.51. The first-order valence-electron chi connectivity index (χ1n) is 8.21. The van der Waals surface area contributed by atoms with Crippen LogP contribution in [0.1, 0.15) is 33.6 Å². The number of hydrogen-bond acceptors (Lipinski definition) is 4. The predicted molar refractivity (Wildman–Crippen MR) is 92.3 cm³/mol. The van der Waals surface area contributed by atoms with Crippen LogP contribution in [0.2, 0.25) is 0 Å². The first-order valence-corrected chi connectivity index (χ1v) is 9.69. The van der Waals surface area contributed by atoms with Gasteiger partial charge in [-0.05, 0) is 55.9 Å². The molecule has 0 aromatic heterocycles. The van der Waals surface area contributed by atoms with Crippen molar-refractivity contribution in [2.24, 2.45) is 11.8 Å². The number of benzene rings is 1. The van der Waals surface area contributed by atoms with Crippen LogP contribution >= 0.6 is 0 Å². The summed E-state index contributed by atoms with van der Waals surface area (Å²) in [4.78, 5) is 12.6. The Morgan fingerprint density at radius 1 is 1.17 bits per heavy atom. The summed E-state index contributed by atoms with van der Waals surface area (Å²) in [5.74, 6) is 0.649. The summed E-state index contributed by atoms with van der Waals surface area (Å²) in [5, 5.41) is 2.93. The van der Waals surface area contributed by atoms with Crippen LogP contribution in [0.5, 0.6) is 5.75 Å². The van der Waals surface area contributed by atoms with Crippen LogP contribution in [-0.4, -0.2) is 33.5 Å². The maximum atomic E-state index is 12.6. The number of methoxy groups -OCH3 is 1. The summed E-state index contributed by atoms with van der Waals surface area (Å²) >= 11 is 0. The fraction of sp³-hybridized carbons (Fsp3) is 0.588. The smallest absolute Gasteiger partial charge is 0.241 e. The molecule has 0 aliphatic heterocycles. The molecule has 0 bridgehead atoms. The van der Waals surface area contributed by atoms with E-state index < -0.39 is 16.1 Å². The van der Waals surface area contributed by atoms with E-state index in [-0.39, 0.29) is 22.8 Å². The van der Waals surface area contributed by atoms with Crippen LogP contribution in [-0.2, 0) is 14.8 Å². The lowest BCUT2D eigenvalue weighted by atomic mass is 10.0. The molecular formula is C17H26N2O4S. The van der Waals surface area contributed by atoms with E-state index in [4.69, 9.17) is 4.74 Å². The first-order chi connectivity index (χ1) is 11.2. The summed E-state index contributed by atoms with van der Waals surface area (Å²) in [6.45, 7) is 5.61. The maximum Gasteiger partial charge on any atom is 0.241 e. The zero-order valence-corrected chi connectivity index (χ0v) is 15.4. The van der Waals surface area contributed by atoms with Gasteiger partial charge in [0.1, 0.15) is 11.8 Å². The van der Waals surface area contributed by atoms with Gasteiger partial charge >= 0.3 is 0 Å². The van der Waals surface area contributed by atoms with Crippen molar-refractivity contribution in [3.8, 4) is 5.75 Å². The van der Waals surface area contributed by atoms with Gasteiger partial charge in [-0.2, -0.15) is 4.72 Å². The number of hydrogen-bond donors (Lipinski definition) is 2. The number of carbonyl (C=O) groups excluding carboxylic acids is 1. The van der Waals surface area contributed by atoms with Gasteiger partial charge in [-0.1, -0.05) is 13.8 Å². The highest BCUT2D eigenvalue weighted by Crippen LogP contribution is 2.32. The van der Waals surface area contributed by atoms with E-state index in [2.05, 4.69) is 10.0 Å². The third kappa shape index (κ3) is 4.70. The minimum Gasteiger partial charge on any atom is -0.497 e. The molecule has 6 nitrogen and oxygen atoms in total. The fourth-order valence-corrected chi connectivity index (χ4v) is 3.85. The van der Waals surface area contributed by atoms with Gasteiger partial charge in [0.15, 0.2) is 0 Å². The molecule has 24 heavy (non-hydrogen) atoms. The number of rotatable bonds is 8. The molecule has 1 fully saturated rings. The Bertz CT molecular complexity index is 666. The van der Waals surface area contributed by atoms with Crippen molar-refractivity contribution in [2.45, 2.75) is 50.6 Å². The van der Waals surface area contributed by atoms with Crippen molar-refractivity contribution in [1.29, 1.82) is 0 Å². The van der Waals surface area contributed by atoms with Gasteiger partial charge in [-0.15, -0.1) is 0 Å². The van der Waals surface area contributed by atoms with Crippen LogP contribution in [0.15, 0.2) is 29.2 Å². The van der Waals surface area contributed by atoms with Gasteiger partial charge in [-0.25, -0.2) is 8.42 Å². The van der Waals surface area contributed by atoms with Gasteiger partial charge in [0.05, 0.1) is 12.0 Å². The highest BCUT2D eigenvalue weighted by Gasteiger charge is 2.33. The number of sulfonamides is 1. The lowest BCUT2D eigenvalue weighted by Gasteiger charge is -2.24. The second-order valence-corrected chi connectivity index (χ2v) is 8.37. The predicted octanol–water partition coefficient (Wildman–Crippen LogP) is 1.91. The molecule has 1 unspecified atom stereocenters. The molecule has 0 saturated heterocycles. The third-order valence-corrected chi connectivity index (χ3v) is 5.76. The lowest BCUT2D eigenvalue weighted by molar-refractivity contribution is -0.124. The van der Waals surface area contributed by atoms with Crippen molar-refractivity contribution in [3.05, 3.63) is 24.3 Å². The molecule has 7 heteroatoms. The molecular weight excluding hydrogens is 328 g/mol. The highest BCUT2D eigenvalue weighted by molar-refractivity contribution is 7.89. The number of amides is 1. The first kappa shape index (κ1) is 18.7. The Morgan fingerprint density at radius 2 is 1.75 bits per heavy atom. The third-order valence-electron chi connectivity index (χ3n) is 4.30. The summed E-state index contributed by atoms with van der Waals surface area (Å²) in [6, 6.07) is 5.34. The second kappa shape index (κ2) is 7.53. The Hall–Kier alpha value is -1.60. The average Bonchev–Trinajstić information content (AvgIpc) is 3.37. The second-order valence-electron chi connectivity index (χ2n) is 6.65. The van der Waals surface area contributed by atoms with E-state index in [0.717, 1.165) is 12.8 Å². The normalized spacial score (nSPS) is 17.4. The standard InChI is InChI=1S/C17H26N2O4S/c1-11(2)16(17(20)18-12(3)13-5-6-13)19-24(21,22)15-9-7-14(23-4)8-10-15/h7-13,16,19H,5-6H2,1-4H3,(H,18,20)/t12?,16-/m0/s1. The average molecular weight is 354 g/mol. The van der Waals surface area contributed by atoms with E-state index in [1.165, 1.54) is 19.2 Å². The molecule has 0 heterocycles. The zero-order chi connectivity index (χ0) is 17.9. The summed E-state index contributed by atoms with van der Waals surface area (Å²) in [7, 11) is -2.27. The Labute approximate surface area is 144 Å². The molecule has 0 spiro atoms. The van der Waals surface area contributed by atoms with Crippen molar-refractivity contribution in [1.82, 2.24) is 10.0 Å². The topological polar surface area (TPSA) is 84.5 Å². The Kier molecular flexibility index (Phi) is 5.87. The minimum atomic E-state index is -3.78. The Balaban J connectivity index is 2.10. The van der Waals surface area contributed by atoms with Crippen LogP contribution in [0, 0.1) is 11.8 Å². The van der Waals surface area contributed by atoms with Crippen molar-refractivity contribution in [3.63, 3.8) is 0 Å². The van der Waals surface area contributed by atoms with Gasteiger partial charge in [-0.3, -0.25) is 4.79 Å². The van der Waals surface area contributed by atoms with Gasteiger partial charge in [0.25, 0.3) is 0 Å². The van der Waals surface area contributed by atoms with E-state index in [1.807, 2.05) is 20.8 Å². The molecule has 2 N–H and O–H groups in total. The summed E-state index contributed by atoms with van der Waals surface area (Å²) < 4.78 is 32.7. The van der Waals surface area contributed by atoms with Crippen LogP contribution < -0.4 is 14.8 Å². The number of nitrogens with one attached hydrogen (secondary N) is 2. The number of carbonyl (C=O) groups is 1. The molecule has 0 radical (unpaired) electrons. The highest BCUT2D eigenvalue weighted by atomic mass is 32.2. The molecule has 1 aromatic carbocycles. The molecule has 1 amide bonds. The Morgan fingerprint density at radius 3 is 2.21 bits per heavy atom. The SMILES string of the molecule is COc1ccc(S(=O)(=O)N[C@H](C(=O)NC(C)C2CC2)C(C)C)cc1. The zero-order valence-electron chi connectivity index (χ0n) is 14.6. The van der Waals surface area contributed by atoms with Crippen LogP contribution in [0.25, 0.3) is 0 Å². The van der Waals surface area contributed by atoms with E-state index in [9.17, 15) is 13.2 Å². The quantitative estimate of drug-likeness (QED) is 0.747. The molecule has 134 valence electrons. The summed E-state index contributed by atoms with van der Waals surface area (Å²) in [6.07, 6.45) is 2.23. The molecule has 1 saturated carbocycles.